The van der Waals surface area contributed by atoms with Crippen LogP contribution in [0.2, 0.25) is 0 Å². The average molecular weight is 411 g/mol. The molecule has 4 aliphatic rings. The van der Waals surface area contributed by atoms with Crippen LogP contribution in [0.15, 0.2) is 0 Å². The third-order valence-corrected chi connectivity index (χ3v) is 9.83. The lowest BCUT2D eigenvalue weighted by atomic mass is 9.43. The van der Waals surface area contributed by atoms with Gasteiger partial charge >= 0.3 is 0 Å². The van der Waals surface area contributed by atoms with Gasteiger partial charge in [-0.25, -0.2) is 0 Å². The van der Waals surface area contributed by atoms with E-state index in [9.17, 15) is 20.1 Å². The van der Waals surface area contributed by atoms with E-state index in [0.29, 0.717) is 30.1 Å². The summed E-state index contributed by atoms with van der Waals surface area (Å²) in [5.41, 5.74) is 0.0173. The Labute approximate surface area is 175 Å². The zero-order valence-electron chi connectivity index (χ0n) is 18.5. The van der Waals surface area contributed by atoms with Gasteiger partial charge in [0.1, 0.15) is 6.29 Å². The fraction of sp³-hybridized carbons (Fsp3) is 0.958. The molecule has 0 aromatic carbocycles. The molecule has 5 nitrogen and oxygen atoms in total. The maximum absolute atomic E-state index is 11.3. The van der Waals surface area contributed by atoms with Crippen LogP contribution in [-0.2, 0) is 4.79 Å². The van der Waals surface area contributed by atoms with E-state index in [1.165, 1.54) is 0 Å². The molecule has 10 atom stereocenters. The van der Waals surface area contributed by atoms with E-state index < -0.39 is 0 Å². The molecule has 5 heteroatoms. The minimum absolute atomic E-state index is 0.123. The van der Waals surface area contributed by atoms with Crippen LogP contribution in [0.5, 0.6) is 0 Å². The lowest BCUT2D eigenvalue weighted by Gasteiger charge is -2.63. The Hall–Kier alpha value is -0.490. The van der Waals surface area contributed by atoms with Gasteiger partial charge in [0.15, 0.2) is 0 Å². The van der Waals surface area contributed by atoms with Crippen molar-refractivity contribution in [1.29, 1.82) is 0 Å². The van der Waals surface area contributed by atoms with Crippen molar-refractivity contribution in [3.05, 3.63) is 0 Å². The number of hydrogen-bond donors (Lipinski definition) is 4. The fourth-order valence-corrected chi connectivity index (χ4v) is 8.21. The average Bonchev–Trinajstić information content (AvgIpc) is 3.04. The Kier molecular flexibility index (Phi) is 7.14. The molecule has 29 heavy (non-hydrogen) atoms. The molecular weight excluding hydrogens is 368 g/mol. The maximum atomic E-state index is 11.3. The molecule has 4 fully saturated rings. The quantitative estimate of drug-likeness (QED) is 0.422. The first-order valence-electron chi connectivity index (χ1n) is 11.7. The summed E-state index contributed by atoms with van der Waals surface area (Å²) in [6.07, 6.45) is 9.22. The zero-order chi connectivity index (χ0) is 21.4. The molecule has 4 rings (SSSR count). The first-order chi connectivity index (χ1) is 13.8. The Morgan fingerprint density at radius 3 is 2.38 bits per heavy atom. The second-order valence-corrected chi connectivity index (χ2v) is 10.7. The van der Waals surface area contributed by atoms with E-state index >= 15 is 0 Å². The summed E-state index contributed by atoms with van der Waals surface area (Å²) in [5.74, 6) is 1.86. The molecule has 7 unspecified atom stereocenters. The molecule has 0 spiro atoms. The van der Waals surface area contributed by atoms with Gasteiger partial charge in [0.05, 0.1) is 18.3 Å². The molecule has 168 valence electrons. The van der Waals surface area contributed by atoms with Crippen LogP contribution in [0.4, 0.5) is 0 Å². The van der Waals surface area contributed by atoms with E-state index in [1.807, 2.05) is 0 Å². The Morgan fingerprint density at radius 2 is 1.69 bits per heavy atom. The largest absolute Gasteiger partial charge is 0.400 e. The highest BCUT2D eigenvalue weighted by molar-refractivity contribution is 5.48. The van der Waals surface area contributed by atoms with Gasteiger partial charge in [-0.15, -0.1) is 0 Å². The molecular formula is C24H42O5. The third-order valence-electron chi connectivity index (χ3n) is 9.83. The van der Waals surface area contributed by atoms with Gasteiger partial charge < -0.3 is 25.2 Å². The first-order valence-corrected chi connectivity index (χ1v) is 11.7. The van der Waals surface area contributed by atoms with Crippen molar-refractivity contribution < 1.29 is 25.2 Å². The molecule has 4 aliphatic carbocycles. The standard InChI is InChI=1S/C23H38O4.CH4O/c1-22-9-8-16(25)11-15(22)12-19(26)21-17-7-6-14(5-3-4-10-24)23(17,2)20(27)13-18(21)22;1-2/h10,14-21,25-27H,3-9,11-13H2,1-2H3;2H,1H3/t14-,15?,16?,17?,18?,19?,20?,21?,22-,23+;/m0./s1. The van der Waals surface area contributed by atoms with E-state index in [-0.39, 0.29) is 35.1 Å². The van der Waals surface area contributed by atoms with Crippen LogP contribution in [0.25, 0.3) is 0 Å². The Balaban J connectivity index is 0.00000117. The number of aliphatic hydroxyl groups is 4. The monoisotopic (exact) mass is 410 g/mol. The van der Waals surface area contributed by atoms with E-state index in [2.05, 4.69) is 13.8 Å². The molecule has 0 aromatic rings. The number of carbonyl (C=O) groups excluding carboxylic acids is 1. The number of rotatable bonds is 4. The van der Waals surface area contributed by atoms with E-state index in [4.69, 9.17) is 5.11 Å². The van der Waals surface area contributed by atoms with Crippen molar-refractivity contribution in [1.82, 2.24) is 0 Å². The summed E-state index contributed by atoms with van der Waals surface area (Å²) >= 11 is 0. The first kappa shape index (κ1) is 23.2. The predicted molar refractivity (Wildman–Crippen MR) is 112 cm³/mol. The van der Waals surface area contributed by atoms with Crippen LogP contribution in [-0.4, -0.2) is 52.1 Å². The fourth-order valence-electron chi connectivity index (χ4n) is 8.21. The van der Waals surface area contributed by atoms with Crippen LogP contribution >= 0.6 is 0 Å². The summed E-state index contributed by atoms with van der Waals surface area (Å²) in [7, 11) is 1.00. The number of carbonyl (C=O) groups is 1. The topological polar surface area (TPSA) is 98.0 Å². The van der Waals surface area contributed by atoms with Gasteiger partial charge in [0.2, 0.25) is 0 Å². The zero-order valence-corrected chi connectivity index (χ0v) is 18.5. The SMILES string of the molecule is CO.C[C@]12CCC(O)CC1CC(O)C1C2CC(O)[C@@]2(C)C1CC[C@@H]2CCCC=O. The highest BCUT2D eigenvalue weighted by atomic mass is 16.3. The summed E-state index contributed by atoms with van der Waals surface area (Å²) in [6.45, 7) is 4.64. The Morgan fingerprint density at radius 1 is 0.966 bits per heavy atom. The highest BCUT2D eigenvalue weighted by Crippen LogP contribution is 2.67. The molecule has 0 saturated heterocycles. The van der Waals surface area contributed by atoms with Crippen LogP contribution in [0.1, 0.15) is 78.1 Å². The highest BCUT2D eigenvalue weighted by Gasteiger charge is 2.65. The molecule has 0 radical (unpaired) electrons. The smallest absolute Gasteiger partial charge is 0.119 e. The number of aliphatic hydroxyl groups excluding tert-OH is 4. The molecule has 0 aliphatic heterocycles. The molecule has 4 saturated carbocycles. The van der Waals surface area contributed by atoms with Crippen LogP contribution < -0.4 is 0 Å². The van der Waals surface area contributed by atoms with Gasteiger partial charge in [-0.1, -0.05) is 13.8 Å². The Bertz CT molecular complexity index is 567. The van der Waals surface area contributed by atoms with Crippen molar-refractivity contribution in [2.45, 2.75) is 96.4 Å². The number of aldehydes is 1. The van der Waals surface area contributed by atoms with Crippen molar-refractivity contribution in [3.8, 4) is 0 Å². The molecule has 0 aromatic heterocycles. The maximum Gasteiger partial charge on any atom is 0.119 e. The number of hydrogen-bond acceptors (Lipinski definition) is 5. The molecule has 0 bridgehead atoms. The van der Waals surface area contributed by atoms with Gasteiger partial charge in [-0.05, 0) is 98.2 Å². The minimum Gasteiger partial charge on any atom is -0.400 e. The van der Waals surface area contributed by atoms with Crippen molar-refractivity contribution in [2.24, 2.45) is 40.4 Å². The lowest BCUT2D eigenvalue weighted by molar-refractivity contribution is -0.204. The summed E-state index contributed by atoms with van der Waals surface area (Å²) in [4.78, 5) is 10.7. The summed E-state index contributed by atoms with van der Waals surface area (Å²) in [6, 6.07) is 0. The van der Waals surface area contributed by atoms with Gasteiger partial charge in [-0.2, -0.15) is 0 Å². The normalized spacial score (nSPS) is 51.1. The van der Waals surface area contributed by atoms with Gasteiger partial charge in [0, 0.05) is 13.5 Å². The van der Waals surface area contributed by atoms with Crippen LogP contribution in [0.3, 0.4) is 0 Å². The number of fused-ring (bicyclic) bond motifs is 5. The summed E-state index contributed by atoms with van der Waals surface area (Å²) < 4.78 is 0. The number of unbranched alkanes of at least 4 members (excludes halogenated alkanes) is 1. The third kappa shape index (κ3) is 3.71. The summed E-state index contributed by atoms with van der Waals surface area (Å²) in [5, 5.41) is 39.7. The predicted octanol–water partition coefficient (Wildman–Crippen LogP) is 2.93. The second kappa shape index (κ2) is 8.94. The van der Waals surface area contributed by atoms with Crippen molar-refractivity contribution in [3.63, 3.8) is 0 Å². The van der Waals surface area contributed by atoms with E-state index in [1.54, 1.807) is 0 Å². The molecule has 4 N–H and O–H groups in total. The second-order valence-electron chi connectivity index (χ2n) is 10.7. The van der Waals surface area contributed by atoms with Gasteiger partial charge in [0.25, 0.3) is 0 Å². The minimum atomic E-state index is -0.317. The van der Waals surface area contributed by atoms with Crippen LogP contribution in [0, 0.1) is 40.4 Å². The van der Waals surface area contributed by atoms with Crippen molar-refractivity contribution >= 4 is 6.29 Å². The lowest BCUT2D eigenvalue weighted by Crippen LogP contribution is -2.62. The van der Waals surface area contributed by atoms with Gasteiger partial charge in [-0.3, -0.25) is 0 Å². The molecule has 0 heterocycles. The molecule has 0 amide bonds. The van der Waals surface area contributed by atoms with E-state index in [0.717, 1.165) is 71.2 Å². The van der Waals surface area contributed by atoms with Crippen molar-refractivity contribution in [2.75, 3.05) is 7.11 Å².